The number of aromatic nitrogens is 3. The number of hydrogen-bond donors (Lipinski definition) is 0. The number of rotatable bonds is 5. The lowest BCUT2D eigenvalue weighted by Crippen LogP contribution is -2.38. The van der Waals surface area contributed by atoms with Crippen LogP contribution in [0.1, 0.15) is 41.4 Å². The van der Waals surface area contributed by atoms with Crippen molar-refractivity contribution in [1.82, 2.24) is 15.0 Å². The molecule has 0 bridgehead atoms. The first-order valence-electron chi connectivity index (χ1n) is 19.9. The summed E-state index contributed by atoms with van der Waals surface area (Å²) in [6.07, 6.45) is 5.14. The number of fused-ring (bicyclic) bond motifs is 8. The quantitative estimate of drug-likeness (QED) is 0.175. The molecule has 1 spiro atoms. The van der Waals surface area contributed by atoms with Crippen molar-refractivity contribution in [2.75, 3.05) is 0 Å². The number of para-hydroxylation sites is 1. The van der Waals surface area contributed by atoms with Crippen LogP contribution in [0.3, 0.4) is 0 Å². The molecule has 5 heteroatoms. The summed E-state index contributed by atoms with van der Waals surface area (Å²) in [5, 5.41) is 9.22. The van der Waals surface area contributed by atoms with Crippen LogP contribution in [0.5, 0.6) is 5.75 Å². The van der Waals surface area contributed by atoms with E-state index in [-0.39, 0.29) is 0 Å². The molecule has 278 valence electrons. The fourth-order valence-corrected chi connectivity index (χ4v) is 9.29. The van der Waals surface area contributed by atoms with Crippen LogP contribution >= 0.6 is 0 Å². The number of benzene rings is 7. The summed E-state index contributed by atoms with van der Waals surface area (Å²) in [6.45, 7) is 2.21. The van der Waals surface area contributed by atoms with E-state index in [1.165, 1.54) is 22.3 Å². The van der Waals surface area contributed by atoms with Crippen LogP contribution in [-0.2, 0) is 10.8 Å². The maximum absolute atomic E-state index is 9.22. The summed E-state index contributed by atoms with van der Waals surface area (Å²) in [6, 6.07) is 63.1. The highest BCUT2D eigenvalue weighted by atomic mass is 16.5. The zero-order chi connectivity index (χ0) is 39.6. The Morgan fingerprint density at radius 1 is 0.525 bits per heavy atom. The summed E-state index contributed by atoms with van der Waals surface area (Å²) in [7, 11) is 0. The first-order chi connectivity index (χ1) is 29.0. The molecule has 1 aromatic heterocycles. The molecule has 1 atom stereocenters. The highest BCUT2D eigenvalue weighted by molar-refractivity contribution is 5.88. The molecule has 2 heterocycles. The lowest BCUT2D eigenvalue weighted by Gasteiger charge is -2.43. The summed E-state index contributed by atoms with van der Waals surface area (Å²) >= 11 is 0. The Morgan fingerprint density at radius 3 is 1.75 bits per heavy atom. The Labute approximate surface area is 343 Å². The van der Waals surface area contributed by atoms with Crippen LogP contribution in [0.4, 0.5) is 0 Å². The average molecular weight is 757 g/mol. The Hall–Kier alpha value is -7.68. The molecule has 0 fully saturated rings. The van der Waals surface area contributed by atoms with Crippen LogP contribution in [0.2, 0.25) is 0 Å². The van der Waals surface area contributed by atoms with E-state index in [1.54, 1.807) is 0 Å². The molecule has 5 nitrogen and oxygen atoms in total. The summed E-state index contributed by atoms with van der Waals surface area (Å²) in [5.41, 5.74) is 13.0. The van der Waals surface area contributed by atoms with Gasteiger partial charge in [0.05, 0.1) is 22.5 Å². The maximum atomic E-state index is 9.22. The third-order valence-corrected chi connectivity index (χ3v) is 12.2. The summed E-state index contributed by atoms with van der Waals surface area (Å²) in [5.74, 6) is 3.73. The molecule has 0 radical (unpaired) electrons. The highest BCUT2D eigenvalue weighted by Gasteiger charge is 2.53. The van der Waals surface area contributed by atoms with E-state index < -0.39 is 10.8 Å². The lowest BCUT2D eigenvalue weighted by atomic mass is 9.63. The minimum atomic E-state index is -0.607. The van der Waals surface area contributed by atoms with E-state index in [4.69, 9.17) is 19.7 Å². The van der Waals surface area contributed by atoms with Crippen LogP contribution < -0.4 is 4.74 Å². The Balaban J connectivity index is 1.01. The van der Waals surface area contributed by atoms with Crippen molar-refractivity contribution in [3.63, 3.8) is 0 Å². The molecule has 59 heavy (non-hydrogen) atoms. The number of hydrogen-bond acceptors (Lipinski definition) is 5. The van der Waals surface area contributed by atoms with Gasteiger partial charge < -0.3 is 4.74 Å². The third-order valence-electron chi connectivity index (χ3n) is 12.2. The van der Waals surface area contributed by atoms with Crippen molar-refractivity contribution in [3.05, 3.63) is 227 Å². The minimum absolute atomic E-state index is 0.519. The smallest absolute Gasteiger partial charge is 0.163 e. The standard InChI is InChI=1S/C54H36N4O/c1-53(31-30-47-49(33-53)59-48-21-10-9-20-46(48)54(47)44-18-7-5-16-42(44)43-17-6-8-19-45(43)54)52-57-50(39-12-3-2-4-13-39)56-51(58-52)41-15-11-14-40(32-41)38-28-26-37(27-29-38)36-24-22-35(34-55)23-25-36/h2-32H,33H2,1H3. The Morgan fingerprint density at radius 2 is 1.07 bits per heavy atom. The SMILES string of the molecule is CC1(c2nc(-c3ccccc3)nc(-c3cccc(-c4ccc(-c5ccc(C#N)cc5)cc4)c3)n2)C=CC2=C(C1)Oc1ccccc1C21c2ccccc2-c2ccccc21. The summed E-state index contributed by atoms with van der Waals surface area (Å²) < 4.78 is 6.96. The minimum Gasteiger partial charge on any atom is -0.461 e. The normalized spacial score (nSPS) is 16.7. The van der Waals surface area contributed by atoms with E-state index in [1.807, 2.05) is 54.6 Å². The molecular formula is C54H36N4O. The van der Waals surface area contributed by atoms with Gasteiger partial charge >= 0.3 is 0 Å². The van der Waals surface area contributed by atoms with Gasteiger partial charge in [-0.3, -0.25) is 0 Å². The molecule has 8 aromatic rings. The molecular weight excluding hydrogens is 721 g/mol. The van der Waals surface area contributed by atoms with Crippen molar-refractivity contribution in [3.8, 4) is 68.0 Å². The number of allylic oxidation sites excluding steroid dienone is 4. The molecule has 3 aliphatic rings. The van der Waals surface area contributed by atoms with Gasteiger partial charge in [-0.25, -0.2) is 15.0 Å². The van der Waals surface area contributed by atoms with E-state index in [2.05, 4.69) is 146 Å². The fourth-order valence-electron chi connectivity index (χ4n) is 9.29. The Bertz CT molecular complexity index is 3020. The van der Waals surface area contributed by atoms with Crippen molar-refractivity contribution in [2.24, 2.45) is 0 Å². The molecule has 1 unspecified atom stereocenters. The first kappa shape index (κ1) is 34.6. The molecule has 0 saturated heterocycles. The van der Waals surface area contributed by atoms with Crippen molar-refractivity contribution >= 4 is 0 Å². The van der Waals surface area contributed by atoms with Gasteiger partial charge in [-0.05, 0) is 75.7 Å². The van der Waals surface area contributed by atoms with Crippen molar-refractivity contribution < 1.29 is 4.74 Å². The highest BCUT2D eigenvalue weighted by Crippen LogP contribution is 2.62. The van der Waals surface area contributed by atoms with Gasteiger partial charge in [-0.15, -0.1) is 0 Å². The number of ether oxygens (including phenoxy) is 1. The van der Waals surface area contributed by atoms with Crippen molar-refractivity contribution in [2.45, 2.75) is 24.2 Å². The van der Waals surface area contributed by atoms with Gasteiger partial charge in [0, 0.05) is 28.7 Å². The second-order valence-electron chi connectivity index (χ2n) is 15.7. The van der Waals surface area contributed by atoms with Crippen LogP contribution in [0.15, 0.2) is 199 Å². The molecule has 0 saturated carbocycles. The van der Waals surface area contributed by atoms with Gasteiger partial charge in [0.2, 0.25) is 0 Å². The maximum Gasteiger partial charge on any atom is 0.163 e. The van der Waals surface area contributed by atoms with Gasteiger partial charge in [0.1, 0.15) is 17.3 Å². The molecule has 0 amide bonds. The van der Waals surface area contributed by atoms with Gasteiger partial charge in [0.25, 0.3) is 0 Å². The van der Waals surface area contributed by atoms with Crippen molar-refractivity contribution in [1.29, 1.82) is 5.26 Å². The summed E-state index contributed by atoms with van der Waals surface area (Å²) in [4.78, 5) is 15.6. The van der Waals surface area contributed by atoms with Crippen LogP contribution in [0.25, 0.3) is 56.2 Å². The van der Waals surface area contributed by atoms with Crippen LogP contribution in [-0.4, -0.2) is 15.0 Å². The lowest BCUT2D eigenvalue weighted by molar-refractivity contribution is 0.330. The third kappa shape index (κ3) is 5.49. The van der Waals surface area contributed by atoms with Crippen LogP contribution in [0, 0.1) is 11.3 Å². The predicted molar refractivity (Wildman–Crippen MR) is 233 cm³/mol. The van der Waals surface area contributed by atoms with E-state index in [0.717, 1.165) is 56.0 Å². The predicted octanol–water partition coefficient (Wildman–Crippen LogP) is 12.3. The monoisotopic (exact) mass is 756 g/mol. The van der Waals surface area contributed by atoms with E-state index in [0.29, 0.717) is 29.5 Å². The number of nitrogens with zero attached hydrogens (tertiary/aromatic N) is 4. The zero-order valence-corrected chi connectivity index (χ0v) is 32.3. The van der Waals surface area contributed by atoms with E-state index in [9.17, 15) is 5.26 Å². The Kier molecular flexibility index (Phi) is 7.89. The molecule has 0 N–H and O–H groups in total. The van der Waals surface area contributed by atoms with Gasteiger partial charge in [0.15, 0.2) is 11.6 Å². The molecule has 2 aliphatic carbocycles. The molecule has 1 aliphatic heterocycles. The van der Waals surface area contributed by atoms with Gasteiger partial charge in [-0.2, -0.15) is 5.26 Å². The second kappa shape index (κ2) is 13.5. The second-order valence-corrected chi connectivity index (χ2v) is 15.7. The average Bonchev–Trinajstić information content (AvgIpc) is 3.59. The molecule has 7 aromatic carbocycles. The first-order valence-corrected chi connectivity index (χ1v) is 19.9. The zero-order valence-electron chi connectivity index (χ0n) is 32.3. The number of nitriles is 1. The largest absolute Gasteiger partial charge is 0.461 e. The van der Waals surface area contributed by atoms with Gasteiger partial charge in [-0.1, -0.05) is 164 Å². The molecule has 11 rings (SSSR count). The fraction of sp³-hybridized carbons (Fsp3) is 0.0741. The van der Waals surface area contributed by atoms with E-state index >= 15 is 0 Å². The topological polar surface area (TPSA) is 71.7 Å².